The topological polar surface area (TPSA) is 119 Å². The molecule has 0 aromatic carbocycles. The van der Waals surface area contributed by atoms with Gasteiger partial charge in [0, 0.05) is 6.54 Å². The molecule has 1 rings (SSSR count). The molecule has 9 heteroatoms. The fraction of sp³-hybridized carbons (Fsp3) is 0.500. The lowest BCUT2D eigenvalue weighted by Gasteiger charge is -2.08. The molecule has 1 aromatic rings. The number of hydrogen-bond acceptors (Lipinski definition) is 8. The molecule has 0 saturated heterocycles. The number of carbonyl (C=O) groups is 1. The monoisotopic (exact) mass is 269 g/mol. The van der Waals surface area contributed by atoms with Gasteiger partial charge in [0.1, 0.15) is 12.9 Å². The smallest absolute Gasteiger partial charge is 0.353 e. The number of nitrogens with zero attached hydrogens (tertiary/aromatic N) is 3. The first-order chi connectivity index (χ1) is 9.10. The SMILES string of the molecule is CCNc1ncnc(NCC(=O)OCC)c1[N+](=O)[O-]. The second-order valence-corrected chi connectivity index (χ2v) is 3.37. The molecule has 9 nitrogen and oxygen atoms in total. The summed E-state index contributed by atoms with van der Waals surface area (Å²) in [4.78, 5) is 29.2. The molecule has 2 N–H and O–H groups in total. The van der Waals surface area contributed by atoms with Crippen molar-refractivity contribution in [1.82, 2.24) is 9.97 Å². The average molecular weight is 269 g/mol. The summed E-state index contributed by atoms with van der Waals surface area (Å²) in [5, 5.41) is 16.3. The zero-order valence-electron chi connectivity index (χ0n) is 10.7. The molecule has 0 fully saturated rings. The van der Waals surface area contributed by atoms with Crippen LogP contribution in [0.4, 0.5) is 17.3 Å². The summed E-state index contributed by atoms with van der Waals surface area (Å²) in [6.45, 7) is 3.99. The summed E-state index contributed by atoms with van der Waals surface area (Å²) >= 11 is 0. The quantitative estimate of drug-likeness (QED) is 0.423. The Morgan fingerprint density at radius 3 is 2.53 bits per heavy atom. The summed E-state index contributed by atoms with van der Waals surface area (Å²) in [6.07, 6.45) is 1.18. The minimum atomic E-state index is -0.606. The zero-order valence-corrected chi connectivity index (χ0v) is 10.7. The van der Waals surface area contributed by atoms with Crippen molar-refractivity contribution in [2.45, 2.75) is 13.8 Å². The Balaban J connectivity index is 2.90. The number of esters is 1. The molecule has 0 aliphatic heterocycles. The largest absolute Gasteiger partial charge is 0.465 e. The van der Waals surface area contributed by atoms with Crippen molar-refractivity contribution in [2.24, 2.45) is 0 Å². The van der Waals surface area contributed by atoms with E-state index in [2.05, 4.69) is 20.6 Å². The molecule has 0 saturated carbocycles. The van der Waals surface area contributed by atoms with Gasteiger partial charge in [-0.15, -0.1) is 0 Å². The molecule has 0 atom stereocenters. The van der Waals surface area contributed by atoms with Crippen LogP contribution in [0.25, 0.3) is 0 Å². The zero-order chi connectivity index (χ0) is 14.3. The van der Waals surface area contributed by atoms with Crippen LogP contribution in [0.5, 0.6) is 0 Å². The van der Waals surface area contributed by atoms with Crippen LogP contribution in [-0.4, -0.2) is 40.6 Å². The van der Waals surface area contributed by atoms with Gasteiger partial charge in [-0.25, -0.2) is 9.97 Å². The van der Waals surface area contributed by atoms with E-state index >= 15 is 0 Å². The molecule has 104 valence electrons. The maximum atomic E-state index is 11.2. The first kappa shape index (κ1) is 14.6. The highest BCUT2D eigenvalue weighted by Crippen LogP contribution is 2.28. The molecule has 0 unspecified atom stereocenters. The molecule has 0 aliphatic rings. The summed E-state index contributed by atoms with van der Waals surface area (Å²) in [5.74, 6) is -0.432. The van der Waals surface area contributed by atoms with Gasteiger partial charge in [0.25, 0.3) is 0 Å². The highest BCUT2D eigenvalue weighted by molar-refractivity contribution is 5.77. The van der Waals surface area contributed by atoms with Crippen LogP contribution >= 0.6 is 0 Å². The van der Waals surface area contributed by atoms with Crippen LogP contribution < -0.4 is 10.6 Å². The number of nitrogens with one attached hydrogen (secondary N) is 2. The summed E-state index contributed by atoms with van der Waals surface area (Å²) < 4.78 is 4.71. The van der Waals surface area contributed by atoms with Gasteiger partial charge in [-0.2, -0.15) is 0 Å². The lowest BCUT2D eigenvalue weighted by atomic mass is 10.4. The van der Waals surface area contributed by atoms with Gasteiger partial charge in [0.05, 0.1) is 11.5 Å². The van der Waals surface area contributed by atoms with E-state index < -0.39 is 10.9 Å². The van der Waals surface area contributed by atoms with Crippen LogP contribution in [0, 0.1) is 10.1 Å². The second kappa shape index (κ2) is 7.09. The van der Waals surface area contributed by atoms with Crippen molar-refractivity contribution in [3.05, 3.63) is 16.4 Å². The van der Waals surface area contributed by atoms with Gasteiger partial charge in [0.2, 0.25) is 11.6 Å². The van der Waals surface area contributed by atoms with E-state index in [0.29, 0.717) is 6.54 Å². The first-order valence-electron chi connectivity index (χ1n) is 5.72. The van der Waals surface area contributed by atoms with Gasteiger partial charge < -0.3 is 15.4 Å². The Morgan fingerprint density at radius 2 is 2.00 bits per heavy atom. The number of anilines is 2. The molecule has 1 aromatic heterocycles. The van der Waals surface area contributed by atoms with Crippen molar-refractivity contribution in [3.8, 4) is 0 Å². The first-order valence-corrected chi connectivity index (χ1v) is 5.72. The number of nitro groups is 1. The van der Waals surface area contributed by atoms with Crippen molar-refractivity contribution in [1.29, 1.82) is 0 Å². The molecule has 0 aliphatic carbocycles. The summed E-state index contributed by atoms with van der Waals surface area (Å²) in [7, 11) is 0. The number of ether oxygens (including phenoxy) is 1. The molecular weight excluding hydrogens is 254 g/mol. The van der Waals surface area contributed by atoms with Crippen molar-refractivity contribution in [2.75, 3.05) is 30.3 Å². The van der Waals surface area contributed by atoms with Crippen molar-refractivity contribution < 1.29 is 14.5 Å². The van der Waals surface area contributed by atoms with E-state index in [-0.39, 0.29) is 30.5 Å². The maximum Gasteiger partial charge on any atom is 0.353 e. The lowest BCUT2D eigenvalue weighted by Crippen LogP contribution is -2.18. The third-order valence-electron chi connectivity index (χ3n) is 2.05. The van der Waals surface area contributed by atoms with Crippen molar-refractivity contribution >= 4 is 23.3 Å². The average Bonchev–Trinajstić information content (AvgIpc) is 2.37. The van der Waals surface area contributed by atoms with E-state index in [9.17, 15) is 14.9 Å². The molecule has 0 radical (unpaired) electrons. The second-order valence-electron chi connectivity index (χ2n) is 3.37. The van der Waals surface area contributed by atoms with Gasteiger partial charge in [-0.05, 0) is 13.8 Å². The summed E-state index contributed by atoms with van der Waals surface area (Å²) in [5.41, 5.74) is -0.298. The predicted molar refractivity (Wildman–Crippen MR) is 68.0 cm³/mol. The molecule has 0 bridgehead atoms. The molecule has 0 amide bonds. The van der Waals surface area contributed by atoms with Crippen LogP contribution in [0.2, 0.25) is 0 Å². The van der Waals surface area contributed by atoms with Crippen LogP contribution in [0.1, 0.15) is 13.8 Å². The Hall–Kier alpha value is -2.45. The normalized spacial score (nSPS) is 9.79. The number of rotatable bonds is 7. The molecule has 19 heavy (non-hydrogen) atoms. The molecule has 0 spiro atoms. The highest BCUT2D eigenvalue weighted by atomic mass is 16.6. The third kappa shape index (κ3) is 4.05. The molecule has 1 heterocycles. The van der Waals surface area contributed by atoms with Gasteiger partial charge in [-0.3, -0.25) is 14.9 Å². The predicted octanol–water partition coefficient (Wildman–Crippen LogP) is 0.792. The molecular formula is C10H15N5O4. The minimum absolute atomic E-state index is 0.0241. The van der Waals surface area contributed by atoms with E-state index in [1.165, 1.54) is 6.33 Å². The Labute approximate surface area is 109 Å². The summed E-state index contributed by atoms with van der Waals surface area (Å²) in [6, 6.07) is 0. The van der Waals surface area contributed by atoms with E-state index in [1.54, 1.807) is 13.8 Å². The Kier molecular flexibility index (Phi) is 5.45. The van der Waals surface area contributed by atoms with Crippen LogP contribution in [0.3, 0.4) is 0 Å². The highest BCUT2D eigenvalue weighted by Gasteiger charge is 2.22. The fourth-order valence-electron chi connectivity index (χ4n) is 1.35. The van der Waals surface area contributed by atoms with Crippen LogP contribution in [0.15, 0.2) is 6.33 Å². The third-order valence-corrected chi connectivity index (χ3v) is 2.05. The number of aromatic nitrogens is 2. The Morgan fingerprint density at radius 1 is 1.37 bits per heavy atom. The Bertz CT molecular complexity index is 465. The van der Waals surface area contributed by atoms with E-state index in [1.807, 2.05) is 0 Å². The van der Waals surface area contributed by atoms with E-state index in [4.69, 9.17) is 4.74 Å². The standard InChI is InChI=1S/C10H15N5O4/c1-3-11-9-8(15(17)18)10(14-6-13-9)12-5-7(16)19-4-2/h6H,3-5H2,1-2H3,(H2,11,12,13,14). The maximum absolute atomic E-state index is 11.2. The van der Waals surface area contributed by atoms with Crippen LogP contribution in [-0.2, 0) is 9.53 Å². The number of hydrogen-bond donors (Lipinski definition) is 2. The fourth-order valence-corrected chi connectivity index (χ4v) is 1.35. The van der Waals surface area contributed by atoms with Gasteiger partial charge in [-0.1, -0.05) is 0 Å². The van der Waals surface area contributed by atoms with Gasteiger partial charge >= 0.3 is 11.7 Å². The van der Waals surface area contributed by atoms with Crippen molar-refractivity contribution in [3.63, 3.8) is 0 Å². The number of carbonyl (C=O) groups excluding carboxylic acids is 1. The van der Waals surface area contributed by atoms with Gasteiger partial charge in [0.15, 0.2) is 0 Å². The van der Waals surface area contributed by atoms with E-state index in [0.717, 1.165) is 0 Å². The lowest BCUT2D eigenvalue weighted by molar-refractivity contribution is -0.383. The minimum Gasteiger partial charge on any atom is -0.465 e.